The highest BCUT2D eigenvalue weighted by molar-refractivity contribution is 5.74. The van der Waals surface area contributed by atoms with E-state index in [9.17, 15) is 4.79 Å². The molecule has 2 aromatic rings. The molecule has 2 atom stereocenters. The monoisotopic (exact) mass is 334 g/mol. The molecule has 24 heavy (non-hydrogen) atoms. The van der Waals surface area contributed by atoms with Crippen LogP contribution >= 0.6 is 0 Å². The molecule has 1 saturated heterocycles. The Bertz CT molecular complexity index is 696. The second-order valence-electron chi connectivity index (χ2n) is 5.84. The molecule has 0 bridgehead atoms. The van der Waals surface area contributed by atoms with E-state index in [4.69, 9.17) is 13.7 Å². The predicted molar refractivity (Wildman–Crippen MR) is 84.3 cm³/mol. The summed E-state index contributed by atoms with van der Waals surface area (Å²) < 4.78 is 16.3. The molecular weight excluding hydrogens is 312 g/mol. The fourth-order valence-electron chi connectivity index (χ4n) is 2.68. The van der Waals surface area contributed by atoms with Crippen LogP contribution in [-0.4, -0.2) is 40.8 Å². The van der Waals surface area contributed by atoms with Crippen LogP contribution in [0.1, 0.15) is 48.7 Å². The van der Waals surface area contributed by atoms with Gasteiger partial charge in [0.25, 0.3) is 0 Å². The van der Waals surface area contributed by atoms with Gasteiger partial charge in [-0.25, -0.2) is 4.79 Å². The van der Waals surface area contributed by atoms with Crippen molar-refractivity contribution in [2.75, 3.05) is 19.7 Å². The third-order valence-corrected chi connectivity index (χ3v) is 3.99. The Labute approximate surface area is 140 Å². The summed E-state index contributed by atoms with van der Waals surface area (Å²) in [5, 5.41) is 6.85. The summed E-state index contributed by atoms with van der Waals surface area (Å²) in [7, 11) is 0. The zero-order valence-corrected chi connectivity index (χ0v) is 14.1. The van der Waals surface area contributed by atoms with E-state index in [2.05, 4.69) is 15.5 Å². The smallest absolute Gasteiger partial charge is 0.318 e. The minimum Gasteiger partial charge on any atom is -0.464 e. The van der Waals surface area contributed by atoms with Crippen molar-refractivity contribution in [3.05, 3.63) is 35.4 Å². The Morgan fingerprint density at radius 1 is 1.46 bits per heavy atom. The molecule has 0 aromatic carbocycles. The number of nitrogens with zero attached hydrogens (tertiary/aromatic N) is 3. The summed E-state index contributed by atoms with van der Waals surface area (Å²) in [6, 6.07) is 3.34. The van der Waals surface area contributed by atoms with Crippen molar-refractivity contribution in [2.45, 2.75) is 39.3 Å². The molecule has 0 aliphatic carbocycles. The molecule has 3 heterocycles. The van der Waals surface area contributed by atoms with Crippen molar-refractivity contribution in [2.24, 2.45) is 0 Å². The van der Waals surface area contributed by atoms with Gasteiger partial charge in [-0.05, 0) is 25.5 Å². The van der Waals surface area contributed by atoms with Crippen LogP contribution in [0, 0.1) is 13.8 Å². The molecule has 1 aliphatic heterocycles. The number of aryl methyl sites for hydroxylation is 2. The molecule has 0 spiro atoms. The molecular formula is C16H22N4O4. The second kappa shape index (κ2) is 7.04. The Kier molecular flexibility index (Phi) is 4.84. The Balaban J connectivity index is 1.63. The topological polar surface area (TPSA) is 93.6 Å². The number of hydrogen-bond donors (Lipinski definition) is 1. The van der Waals surface area contributed by atoms with Gasteiger partial charge in [-0.2, -0.15) is 4.98 Å². The Morgan fingerprint density at radius 3 is 2.92 bits per heavy atom. The summed E-state index contributed by atoms with van der Waals surface area (Å²) in [5.74, 6) is 2.55. The van der Waals surface area contributed by atoms with Crippen LogP contribution in [0.2, 0.25) is 0 Å². The number of nitrogens with one attached hydrogen (secondary N) is 1. The molecule has 130 valence electrons. The highest BCUT2D eigenvalue weighted by atomic mass is 16.5. The summed E-state index contributed by atoms with van der Waals surface area (Å²) in [4.78, 5) is 18.5. The van der Waals surface area contributed by atoms with E-state index < -0.39 is 0 Å². The lowest BCUT2D eigenvalue weighted by Gasteiger charge is -2.32. The van der Waals surface area contributed by atoms with Gasteiger partial charge in [-0.15, -0.1) is 0 Å². The van der Waals surface area contributed by atoms with E-state index in [1.54, 1.807) is 11.8 Å². The molecule has 2 amide bonds. The van der Waals surface area contributed by atoms with Crippen molar-refractivity contribution in [1.82, 2.24) is 20.4 Å². The first kappa shape index (κ1) is 16.5. The van der Waals surface area contributed by atoms with E-state index in [1.807, 2.05) is 26.0 Å². The van der Waals surface area contributed by atoms with Gasteiger partial charge < -0.3 is 23.9 Å². The number of furan rings is 1. The highest BCUT2D eigenvalue weighted by Crippen LogP contribution is 2.24. The van der Waals surface area contributed by atoms with Gasteiger partial charge in [0.2, 0.25) is 5.89 Å². The van der Waals surface area contributed by atoms with E-state index in [0.29, 0.717) is 37.8 Å². The fourth-order valence-corrected chi connectivity index (χ4v) is 2.68. The molecule has 3 rings (SSSR count). The standard InChI is InChI=1S/C16H22N4O4/c1-4-12(15-17-11(3)24-19-15)18-16(21)20-7-8-22-14(9-20)13-6-5-10(2)23-13/h5-6,12,14H,4,7-9H2,1-3H3,(H,18,21)/t12-,14+/m0/s1. The van der Waals surface area contributed by atoms with Crippen molar-refractivity contribution >= 4 is 6.03 Å². The molecule has 0 unspecified atom stereocenters. The molecule has 8 heteroatoms. The van der Waals surface area contributed by atoms with Crippen molar-refractivity contribution < 1.29 is 18.5 Å². The van der Waals surface area contributed by atoms with Crippen molar-refractivity contribution in [3.8, 4) is 0 Å². The number of carbonyl (C=O) groups is 1. The second-order valence-corrected chi connectivity index (χ2v) is 5.84. The largest absolute Gasteiger partial charge is 0.464 e. The van der Waals surface area contributed by atoms with Gasteiger partial charge in [0.05, 0.1) is 19.2 Å². The molecule has 0 saturated carbocycles. The molecule has 2 aromatic heterocycles. The first-order chi connectivity index (χ1) is 11.6. The van der Waals surface area contributed by atoms with Crippen molar-refractivity contribution in [1.29, 1.82) is 0 Å². The van der Waals surface area contributed by atoms with Gasteiger partial charge in [0.1, 0.15) is 17.6 Å². The van der Waals surface area contributed by atoms with E-state index in [0.717, 1.165) is 11.5 Å². The summed E-state index contributed by atoms with van der Waals surface area (Å²) in [6.07, 6.45) is 0.432. The molecule has 1 aliphatic rings. The average molecular weight is 334 g/mol. The van der Waals surface area contributed by atoms with Gasteiger partial charge in [-0.1, -0.05) is 12.1 Å². The Hall–Kier alpha value is -2.35. The normalized spacial score (nSPS) is 19.3. The lowest BCUT2D eigenvalue weighted by atomic mass is 10.2. The predicted octanol–water partition coefficient (Wildman–Crippen LogP) is 2.51. The number of aromatic nitrogens is 2. The maximum atomic E-state index is 12.6. The number of amides is 2. The van der Waals surface area contributed by atoms with E-state index in [-0.39, 0.29) is 18.2 Å². The minimum atomic E-state index is -0.276. The quantitative estimate of drug-likeness (QED) is 0.923. The number of morpholine rings is 1. The maximum Gasteiger partial charge on any atom is 0.318 e. The van der Waals surface area contributed by atoms with Gasteiger partial charge in [0, 0.05) is 13.5 Å². The van der Waals surface area contributed by atoms with Crippen LogP contribution in [0.4, 0.5) is 4.79 Å². The average Bonchev–Trinajstić information content (AvgIpc) is 3.21. The van der Waals surface area contributed by atoms with Crippen LogP contribution in [0.5, 0.6) is 0 Å². The van der Waals surface area contributed by atoms with Crippen LogP contribution in [-0.2, 0) is 4.74 Å². The first-order valence-corrected chi connectivity index (χ1v) is 8.10. The van der Waals surface area contributed by atoms with Crippen LogP contribution < -0.4 is 5.32 Å². The molecule has 1 fully saturated rings. The van der Waals surface area contributed by atoms with Crippen molar-refractivity contribution in [3.63, 3.8) is 0 Å². The number of ether oxygens (including phenoxy) is 1. The highest BCUT2D eigenvalue weighted by Gasteiger charge is 2.29. The third-order valence-electron chi connectivity index (χ3n) is 3.99. The van der Waals surface area contributed by atoms with E-state index in [1.165, 1.54) is 0 Å². The summed E-state index contributed by atoms with van der Waals surface area (Å²) >= 11 is 0. The fraction of sp³-hybridized carbons (Fsp3) is 0.562. The van der Waals surface area contributed by atoms with E-state index >= 15 is 0 Å². The number of rotatable bonds is 4. The van der Waals surface area contributed by atoms with Crippen LogP contribution in [0.15, 0.2) is 21.1 Å². The minimum absolute atomic E-state index is 0.166. The number of carbonyl (C=O) groups excluding carboxylic acids is 1. The molecule has 1 N–H and O–H groups in total. The van der Waals surface area contributed by atoms with Gasteiger partial charge in [0.15, 0.2) is 5.82 Å². The SMILES string of the molecule is CC[C@H](NC(=O)N1CCO[C@@H](c2ccc(C)o2)C1)c1noc(C)n1. The van der Waals surface area contributed by atoms with Crippen LogP contribution in [0.25, 0.3) is 0 Å². The lowest BCUT2D eigenvalue weighted by Crippen LogP contribution is -2.48. The molecule has 8 nitrogen and oxygen atoms in total. The van der Waals surface area contributed by atoms with Gasteiger partial charge in [-0.3, -0.25) is 0 Å². The third kappa shape index (κ3) is 3.59. The number of hydrogen-bond acceptors (Lipinski definition) is 6. The number of urea groups is 1. The van der Waals surface area contributed by atoms with Gasteiger partial charge >= 0.3 is 6.03 Å². The maximum absolute atomic E-state index is 12.6. The zero-order valence-electron chi connectivity index (χ0n) is 14.1. The summed E-state index contributed by atoms with van der Waals surface area (Å²) in [6.45, 7) is 7.02. The van der Waals surface area contributed by atoms with Crippen LogP contribution in [0.3, 0.4) is 0 Å². The lowest BCUT2D eigenvalue weighted by molar-refractivity contribution is -0.0267. The first-order valence-electron chi connectivity index (χ1n) is 8.10. The molecule has 0 radical (unpaired) electrons. The Morgan fingerprint density at radius 2 is 2.29 bits per heavy atom. The summed E-state index contributed by atoms with van der Waals surface area (Å²) in [5.41, 5.74) is 0. The zero-order chi connectivity index (χ0) is 17.1.